The number of aryl methyl sites for hydroxylation is 1. The maximum Gasteiger partial charge on any atom is 0.256 e. The lowest BCUT2D eigenvalue weighted by Crippen LogP contribution is -2.40. The lowest BCUT2D eigenvalue weighted by molar-refractivity contribution is 0.0646. The van der Waals surface area contributed by atoms with Crippen LogP contribution in [-0.2, 0) is 13.1 Å². The third-order valence-electron chi connectivity index (χ3n) is 5.09. The summed E-state index contributed by atoms with van der Waals surface area (Å²) in [6, 6.07) is 12.5. The molecule has 1 aromatic carbocycles. The number of carbonyl (C=O) groups excluding carboxylic acids is 1. The molecule has 3 heterocycles. The topological polar surface area (TPSA) is 30.2 Å². The van der Waals surface area contributed by atoms with E-state index < -0.39 is 0 Å². The van der Waals surface area contributed by atoms with Crippen molar-refractivity contribution in [2.24, 2.45) is 0 Å². The van der Waals surface area contributed by atoms with Crippen molar-refractivity contribution in [1.82, 2.24) is 14.0 Å². The minimum absolute atomic E-state index is 0.106. The van der Waals surface area contributed by atoms with Gasteiger partial charge in [-0.05, 0) is 31.5 Å². The van der Waals surface area contributed by atoms with Gasteiger partial charge in [0.1, 0.15) is 0 Å². The summed E-state index contributed by atoms with van der Waals surface area (Å²) in [6.07, 6.45) is 5.19. The zero-order valence-corrected chi connectivity index (χ0v) is 14.3. The summed E-state index contributed by atoms with van der Waals surface area (Å²) >= 11 is 0. The van der Waals surface area contributed by atoms with Gasteiger partial charge in [-0.15, -0.1) is 0 Å². The van der Waals surface area contributed by atoms with Crippen molar-refractivity contribution in [2.45, 2.75) is 39.4 Å². The van der Waals surface area contributed by atoms with E-state index in [2.05, 4.69) is 53.4 Å². The minimum Gasteiger partial charge on any atom is -0.348 e. The second-order valence-corrected chi connectivity index (χ2v) is 6.55. The molecule has 1 aliphatic heterocycles. The van der Waals surface area contributed by atoms with Gasteiger partial charge in [0.25, 0.3) is 5.91 Å². The molecular formula is C20H23N3O. The normalized spacial score (nSPS) is 17.2. The maximum atomic E-state index is 13.3. The molecule has 4 rings (SSSR count). The molecule has 0 saturated heterocycles. The highest BCUT2D eigenvalue weighted by Crippen LogP contribution is 2.30. The van der Waals surface area contributed by atoms with Gasteiger partial charge in [0, 0.05) is 48.6 Å². The first kappa shape index (κ1) is 15.1. The van der Waals surface area contributed by atoms with Crippen LogP contribution in [0.25, 0.3) is 10.9 Å². The van der Waals surface area contributed by atoms with Gasteiger partial charge in [0.2, 0.25) is 0 Å². The lowest BCUT2D eigenvalue weighted by Gasteiger charge is -2.34. The molecule has 3 aromatic rings. The van der Waals surface area contributed by atoms with E-state index in [4.69, 9.17) is 0 Å². The van der Waals surface area contributed by atoms with Crippen LogP contribution in [0.2, 0.25) is 0 Å². The molecule has 0 bridgehead atoms. The molecule has 2 aromatic heterocycles. The fraction of sp³-hybridized carbons (Fsp3) is 0.350. The van der Waals surface area contributed by atoms with E-state index in [-0.39, 0.29) is 11.9 Å². The molecule has 4 nitrogen and oxygen atoms in total. The monoisotopic (exact) mass is 321 g/mol. The van der Waals surface area contributed by atoms with Crippen molar-refractivity contribution >= 4 is 16.8 Å². The lowest BCUT2D eigenvalue weighted by atomic mass is 10.1. The molecule has 0 spiro atoms. The first-order valence-electron chi connectivity index (χ1n) is 8.74. The molecule has 1 atom stereocenters. The first-order chi connectivity index (χ1) is 11.7. The van der Waals surface area contributed by atoms with Crippen molar-refractivity contribution in [3.8, 4) is 0 Å². The van der Waals surface area contributed by atoms with Gasteiger partial charge in [0.05, 0.1) is 11.6 Å². The van der Waals surface area contributed by atoms with E-state index in [1.54, 1.807) is 0 Å². The largest absolute Gasteiger partial charge is 0.348 e. The van der Waals surface area contributed by atoms with Gasteiger partial charge < -0.3 is 14.0 Å². The molecule has 1 aliphatic rings. The Bertz CT molecular complexity index is 889. The third-order valence-corrected chi connectivity index (χ3v) is 5.09. The van der Waals surface area contributed by atoms with Gasteiger partial charge in [-0.2, -0.15) is 0 Å². The molecule has 0 saturated carbocycles. The summed E-state index contributed by atoms with van der Waals surface area (Å²) in [7, 11) is 0. The first-order valence-corrected chi connectivity index (χ1v) is 8.74. The van der Waals surface area contributed by atoms with Crippen molar-refractivity contribution in [3.05, 3.63) is 60.0 Å². The molecule has 4 heteroatoms. The van der Waals surface area contributed by atoms with Gasteiger partial charge in [0.15, 0.2) is 0 Å². The number of rotatable bonds is 3. The molecule has 0 radical (unpaired) electrons. The highest BCUT2D eigenvalue weighted by Gasteiger charge is 2.29. The standard InChI is InChI=1S/C20H23N3O/c1-3-10-22-14-17(16-7-4-5-8-19(16)22)20(24)23-13-12-21-11-6-9-18(21)15(23)2/h4-9,11,14-15H,3,10,12-13H2,1-2H3/t15-/m1/s1. The Labute approximate surface area is 142 Å². The van der Waals surface area contributed by atoms with Crippen LogP contribution >= 0.6 is 0 Å². The summed E-state index contributed by atoms with van der Waals surface area (Å²) in [4.78, 5) is 15.3. The second kappa shape index (κ2) is 5.86. The number of benzene rings is 1. The average Bonchev–Trinajstić information content (AvgIpc) is 3.21. The summed E-state index contributed by atoms with van der Waals surface area (Å²) in [5.74, 6) is 0.140. The number of amides is 1. The Hall–Kier alpha value is -2.49. The fourth-order valence-corrected chi connectivity index (χ4v) is 3.85. The van der Waals surface area contributed by atoms with Crippen molar-refractivity contribution in [2.75, 3.05) is 6.54 Å². The SMILES string of the molecule is CCCn1cc(C(=O)N2CCn3cccc3[C@H]2C)c2ccccc21. The molecule has 124 valence electrons. The van der Waals surface area contributed by atoms with Crippen LogP contribution in [0, 0.1) is 0 Å². The minimum atomic E-state index is 0.106. The quantitative estimate of drug-likeness (QED) is 0.715. The highest BCUT2D eigenvalue weighted by molar-refractivity contribution is 6.07. The van der Waals surface area contributed by atoms with Crippen LogP contribution in [-0.4, -0.2) is 26.5 Å². The van der Waals surface area contributed by atoms with Crippen molar-refractivity contribution in [1.29, 1.82) is 0 Å². The molecule has 1 amide bonds. The van der Waals surface area contributed by atoms with Crippen LogP contribution in [0.1, 0.15) is 42.4 Å². The molecule has 0 aliphatic carbocycles. The second-order valence-electron chi connectivity index (χ2n) is 6.55. The van der Waals surface area contributed by atoms with Crippen LogP contribution in [0.5, 0.6) is 0 Å². The van der Waals surface area contributed by atoms with Gasteiger partial charge in [-0.25, -0.2) is 0 Å². The Kier molecular flexibility index (Phi) is 3.68. The number of carbonyl (C=O) groups is 1. The Morgan fingerprint density at radius 2 is 2.00 bits per heavy atom. The summed E-state index contributed by atoms with van der Waals surface area (Å²) in [5, 5.41) is 1.06. The molecular weight excluding hydrogens is 298 g/mol. The predicted molar refractivity (Wildman–Crippen MR) is 96.1 cm³/mol. The summed E-state index contributed by atoms with van der Waals surface area (Å²) < 4.78 is 4.45. The van der Waals surface area contributed by atoms with Crippen LogP contribution < -0.4 is 0 Å². The van der Waals surface area contributed by atoms with E-state index in [1.165, 1.54) is 5.69 Å². The van der Waals surface area contributed by atoms with Gasteiger partial charge >= 0.3 is 0 Å². The number of aromatic nitrogens is 2. The van der Waals surface area contributed by atoms with Crippen molar-refractivity contribution < 1.29 is 4.79 Å². The number of nitrogens with zero attached hydrogens (tertiary/aromatic N) is 3. The Morgan fingerprint density at radius 3 is 2.83 bits per heavy atom. The summed E-state index contributed by atoms with van der Waals surface area (Å²) in [5.41, 5.74) is 3.19. The number of hydrogen-bond donors (Lipinski definition) is 0. The van der Waals surface area contributed by atoms with Crippen LogP contribution in [0.4, 0.5) is 0 Å². The van der Waals surface area contributed by atoms with Gasteiger partial charge in [-0.3, -0.25) is 4.79 Å². The molecule has 0 unspecified atom stereocenters. The zero-order chi connectivity index (χ0) is 16.7. The van der Waals surface area contributed by atoms with E-state index >= 15 is 0 Å². The predicted octanol–water partition coefficient (Wildman–Crippen LogP) is 4.07. The fourth-order valence-electron chi connectivity index (χ4n) is 3.85. The van der Waals surface area contributed by atoms with Crippen LogP contribution in [0.3, 0.4) is 0 Å². The number of hydrogen-bond acceptors (Lipinski definition) is 1. The van der Waals surface area contributed by atoms with Crippen LogP contribution in [0.15, 0.2) is 48.8 Å². The van der Waals surface area contributed by atoms with E-state index in [0.717, 1.165) is 42.5 Å². The van der Waals surface area contributed by atoms with Crippen molar-refractivity contribution in [3.63, 3.8) is 0 Å². The van der Waals surface area contributed by atoms with E-state index in [1.807, 2.05) is 23.2 Å². The Morgan fingerprint density at radius 1 is 1.17 bits per heavy atom. The molecule has 0 N–H and O–H groups in total. The van der Waals surface area contributed by atoms with E-state index in [0.29, 0.717) is 0 Å². The number of fused-ring (bicyclic) bond motifs is 2. The molecule has 24 heavy (non-hydrogen) atoms. The van der Waals surface area contributed by atoms with E-state index in [9.17, 15) is 4.79 Å². The molecule has 0 fully saturated rings. The smallest absolute Gasteiger partial charge is 0.256 e. The summed E-state index contributed by atoms with van der Waals surface area (Å²) in [6.45, 7) is 6.85. The Balaban J connectivity index is 1.74. The third kappa shape index (κ3) is 2.25. The zero-order valence-electron chi connectivity index (χ0n) is 14.3. The maximum absolute atomic E-state index is 13.3. The number of para-hydroxylation sites is 1. The average molecular weight is 321 g/mol. The highest BCUT2D eigenvalue weighted by atomic mass is 16.2. The van der Waals surface area contributed by atoms with Gasteiger partial charge in [-0.1, -0.05) is 25.1 Å².